The lowest BCUT2D eigenvalue weighted by molar-refractivity contribution is -0.135. The highest BCUT2D eigenvalue weighted by molar-refractivity contribution is 5.77. The fraction of sp³-hybridized carbons (Fsp3) is 0.875. The first-order valence-corrected chi connectivity index (χ1v) is 12.3. The third kappa shape index (κ3) is 20.6. The number of ether oxygens (including phenoxy) is 3. The van der Waals surface area contributed by atoms with Gasteiger partial charge in [0.05, 0.1) is 0 Å². The Labute approximate surface area is 200 Å². The molecule has 194 valence electrons. The van der Waals surface area contributed by atoms with E-state index in [0.29, 0.717) is 38.8 Å². The van der Waals surface area contributed by atoms with Gasteiger partial charge in [0.2, 0.25) is 17.7 Å². The van der Waals surface area contributed by atoms with E-state index in [1.54, 1.807) is 19.0 Å². The summed E-state index contributed by atoms with van der Waals surface area (Å²) < 4.78 is 16.1. The summed E-state index contributed by atoms with van der Waals surface area (Å²) in [6.45, 7) is 7.42. The number of carbonyl (C=O) groups is 3. The lowest BCUT2D eigenvalue weighted by atomic mass is 10.1. The largest absolute Gasteiger partial charge is 0.372 e. The Balaban J connectivity index is 3.58. The number of unbranched alkanes of at least 4 members (excludes halogenated alkanes) is 4. The first kappa shape index (κ1) is 31.3. The van der Waals surface area contributed by atoms with Crippen LogP contribution >= 0.6 is 0 Å². The molecule has 2 N–H and O–H groups in total. The molecule has 0 heterocycles. The molecule has 0 aromatic rings. The van der Waals surface area contributed by atoms with E-state index in [4.69, 9.17) is 14.2 Å². The van der Waals surface area contributed by atoms with E-state index in [9.17, 15) is 14.4 Å². The zero-order valence-electron chi connectivity index (χ0n) is 21.3. The number of nitrogens with zero attached hydrogens (tertiary/aromatic N) is 1. The first-order chi connectivity index (χ1) is 15.9. The van der Waals surface area contributed by atoms with Crippen LogP contribution in [0.4, 0.5) is 0 Å². The number of rotatable bonds is 22. The van der Waals surface area contributed by atoms with Crippen LogP contribution < -0.4 is 10.6 Å². The van der Waals surface area contributed by atoms with Gasteiger partial charge in [-0.15, -0.1) is 0 Å². The summed E-state index contributed by atoms with van der Waals surface area (Å²) in [4.78, 5) is 36.6. The molecule has 3 amide bonds. The SMILES string of the molecule is CCCCCCOCC(=O)NC[C@@H](C)CCCOCC(=O)N(C)CCCCOCC(=O)NC. The minimum absolute atomic E-state index is 0.0451. The maximum atomic E-state index is 12.1. The number of nitrogens with one attached hydrogen (secondary N) is 2. The van der Waals surface area contributed by atoms with Crippen molar-refractivity contribution in [3.05, 3.63) is 0 Å². The molecular weight excluding hydrogens is 426 g/mol. The van der Waals surface area contributed by atoms with Gasteiger partial charge in [-0.3, -0.25) is 14.4 Å². The van der Waals surface area contributed by atoms with Gasteiger partial charge in [0.1, 0.15) is 19.8 Å². The first-order valence-electron chi connectivity index (χ1n) is 12.3. The predicted molar refractivity (Wildman–Crippen MR) is 129 cm³/mol. The molecule has 0 fully saturated rings. The summed E-state index contributed by atoms with van der Waals surface area (Å²) >= 11 is 0. The molecule has 0 aliphatic heterocycles. The molecule has 1 atom stereocenters. The van der Waals surface area contributed by atoms with Crippen molar-refractivity contribution in [2.24, 2.45) is 5.92 Å². The van der Waals surface area contributed by atoms with E-state index in [0.717, 1.165) is 38.5 Å². The third-order valence-electron chi connectivity index (χ3n) is 5.20. The number of hydrogen-bond donors (Lipinski definition) is 2. The third-order valence-corrected chi connectivity index (χ3v) is 5.20. The van der Waals surface area contributed by atoms with Crippen LogP contribution in [0.2, 0.25) is 0 Å². The van der Waals surface area contributed by atoms with Gasteiger partial charge in [-0.25, -0.2) is 0 Å². The molecule has 0 spiro atoms. The van der Waals surface area contributed by atoms with Gasteiger partial charge in [-0.05, 0) is 38.0 Å². The molecule has 9 nitrogen and oxygen atoms in total. The van der Waals surface area contributed by atoms with Crippen LogP contribution in [-0.2, 0) is 28.6 Å². The van der Waals surface area contributed by atoms with Gasteiger partial charge < -0.3 is 29.7 Å². The van der Waals surface area contributed by atoms with Gasteiger partial charge in [0.25, 0.3) is 0 Å². The minimum atomic E-state index is -0.142. The van der Waals surface area contributed by atoms with E-state index in [-0.39, 0.29) is 37.5 Å². The number of hydrogen-bond acceptors (Lipinski definition) is 6. The lowest BCUT2D eigenvalue weighted by Crippen LogP contribution is -2.32. The standard InChI is InChI=1S/C24H47N3O6/c1-5-6-7-9-14-32-19-23(29)26-17-21(2)12-11-16-33-20-24(30)27(4)13-8-10-15-31-18-22(28)25-3/h21H,5-20H2,1-4H3,(H,25,28)(H,26,29)/t21-/m0/s1. The van der Waals surface area contributed by atoms with E-state index in [1.807, 2.05) is 0 Å². The number of carbonyl (C=O) groups excluding carboxylic acids is 3. The highest BCUT2D eigenvalue weighted by Gasteiger charge is 2.09. The zero-order chi connectivity index (χ0) is 24.7. The molecule has 0 bridgehead atoms. The smallest absolute Gasteiger partial charge is 0.248 e. The zero-order valence-corrected chi connectivity index (χ0v) is 21.3. The monoisotopic (exact) mass is 473 g/mol. The fourth-order valence-electron chi connectivity index (χ4n) is 2.96. The van der Waals surface area contributed by atoms with Crippen LogP contribution in [0.1, 0.15) is 65.2 Å². The predicted octanol–water partition coefficient (Wildman–Crippen LogP) is 2.13. The summed E-state index contributed by atoms with van der Waals surface area (Å²) in [6, 6.07) is 0. The van der Waals surface area contributed by atoms with Crippen molar-refractivity contribution in [2.75, 3.05) is 66.8 Å². The van der Waals surface area contributed by atoms with Gasteiger partial charge in [0, 0.05) is 47.0 Å². The fourth-order valence-corrected chi connectivity index (χ4v) is 2.96. The van der Waals surface area contributed by atoms with E-state index in [1.165, 1.54) is 12.8 Å². The van der Waals surface area contributed by atoms with Crippen LogP contribution in [0, 0.1) is 5.92 Å². The summed E-state index contributed by atoms with van der Waals surface area (Å²) in [7, 11) is 3.33. The molecule has 0 aromatic carbocycles. The highest BCUT2D eigenvalue weighted by atomic mass is 16.5. The maximum Gasteiger partial charge on any atom is 0.248 e. The van der Waals surface area contributed by atoms with Crippen molar-refractivity contribution in [1.29, 1.82) is 0 Å². The summed E-state index contributed by atoms with van der Waals surface area (Å²) in [6.07, 6.45) is 7.90. The van der Waals surface area contributed by atoms with Gasteiger partial charge in [-0.1, -0.05) is 33.1 Å². The molecule has 0 rings (SSSR count). The van der Waals surface area contributed by atoms with Crippen LogP contribution in [0.25, 0.3) is 0 Å². The Kier molecular flexibility index (Phi) is 21.0. The average Bonchev–Trinajstić information content (AvgIpc) is 2.81. The van der Waals surface area contributed by atoms with Crippen molar-refractivity contribution in [1.82, 2.24) is 15.5 Å². The van der Waals surface area contributed by atoms with Crippen molar-refractivity contribution < 1.29 is 28.6 Å². The normalized spacial score (nSPS) is 11.8. The molecule has 0 aliphatic rings. The lowest BCUT2D eigenvalue weighted by Gasteiger charge is -2.17. The molecule has 0 saturated heterocycles. The van der Waals surface area contributed by atoms with Crippen LogP contribution in [-0.4, -0.2) is 89.4 Å². The quantitative estimate of drug-likeness (QED) is 0.233. The Hall–Kier alpha value is -1.71. The molecule has 0 aliphatic carbocycles. The number of amides is 3. The summed E-state index contributed by atoms with van der Waals surface area (Å²) in [5, 5.41) is 5.40. The summed E-state index contributed by atoms with van der Waals surface area (Å²) in [5.74, 6) is 0.0827. The maximum absolute atomic E-state index is 12.1. The van der Waals surface area contributed by atoms with Crippen molar-refractivity contribution in [2.45, 2.75) is 65.2 Å². The molecule has 0 radical (unpaired) electrons. The summed E-state index contributed by atoms with van der Waals surface area (Å²) in [5.41, 5.74) is 0. The van der Waals surface area contributed by atoms with Crippen molar-refractivity contribution in [3.8, 4) is 0 Å². The number of likely N-dealkylation sites (N-methyl/N-ethyl adjacent to an activating group) is 2. The second-order valence-corrected chi connectivity index (χ2v) is 8.47. The van der Waals surface area contributed by atoms with Gasteiger partial charge >= 0.3 is 0 Å². The topological polar surface area (TPSA) is 106 Å². The van der Waals surface area contributed by atoms with Gasteiger partial charge in [0.15, 0.2) is 0 Å². The molecular formula is C24H47N3O6. The Morgan fingerprint density at radius 2 is 1.42 bits per heavy atom. The van der Waals surface area contributed by atoms with Crippen LogP contribution in [0.15, 0.2) is 0 Å². The van der Waals surface area contributed by atoms with E-state index < -0.39 is 0 Å². The van der Waals surface area contributed by atoms with Crippen molar-refractivity contribution in [3.63, 3.8) is 0 Å². The molecule has 0 aromatic heterocycles. The molecule has 0 saturated carbocycles. The molecule has 9 heteroatoms. The highest BCUT2D eigenvalue weighted by Crippen LogP contribution is 2.05. The Morgan fingerprint density at radius 1 is 0.818 bits per heavy atom. The van der Waals surface area contributed by atoms with E-state index >= 15 is 0 Å². The Bertz CT molecular complexity index is 518. The second kappa shape index (κ2) is 22.1. The Morgan fingerprint density at radius 3 is 2.09 bits per heavy atom. The minimum Gasteiger partial charge on any atom is -0.372 e. The van der Waals surface area contributed by atoms with E-state index in [2.05, 4.69) is 24.5 Å². The molecule has 33 heavy (non-hydrogen) atoms. The van der Waals surface area contributed by atoms with Gasteiger partial charge in [-0.2, -0.15) is 0 Å². The van der Waals surface area contributed by atoms with Crippen LogP contribution in [0.3, 0.4) is 0 Å². The average molecular weight is 474 g/mol. The van der Waals surface area contributed by atoms with Crippen LogP contribution in [0.5, 0.6) is 0 Å². The second-order valence-electron chi connectivity index (χ2n) is 8.47. The van der Waals surface area contributed by atoms with Crippen molar-refractivity contribution >= 4 is 17.7 Å². The molecule has 0 unspecified atom stereocenters.